The monoisotopic (exact) mass is 260 g/mol. The summed E-state index contributed by atoms with van der Waals surface area (Å²) < 4.78 is 1.95. The van der Waals surface area contributed by atoms with E-state index in [2.05, 4.69) is 4.98 Å². The zero-order chi connectivity index (χ0) is 14.2. The third-order valence-electron chi connectivity index (χ3n) is 3.34. The van der Waals surface area contributed by atoms with Crippen LogP contribution in [0.15, 0.2) is 18.2 Å². The van der Waals surface area contributed by atoms with E-state index in [-0.39, 0.29) is 12.2 Å². The van der Waals surface area contributed by atoms with Crippen molar-refractivity contribution in [2.75, 3.05) is 0 Å². The molecule has 2 aromatic rings. The van der Waals surface area contributed by atoms with Gasteiger partial charge in [0.25, 0.3) is 0 Å². The van der Waals surface area contributed by atoms with Crippen molar-refractivity contribution in [3.63, 3.8) is 0 Å². The number of carboxylic acids is 1. The molecule has 1 unspecified atom stereocenters. The number of fused-ring (bicyclic) bond motifs is 1. The first-order chi connectivity index (χ1) is 8.90. The summed E-state index contributed by atoms with van der Waals surface area (Å²) in [5.74, 6) is -0.921. The predicted molar refractivity (Wildman–Crippen MR) is 71.2 cm³/mol. The molecule has 0 saturated carbocycles. The average molecular weight is 260 g/mol. The Bertz CT molecular complexity index is 658. The van der Waals surface area contributed by atoms with E-state index in [9.17, 15) is 9.59 Å². The molecule has 0 fully saturated rings. The van der Waals surface area contributed by atoms with Crippen molar-refractivity contribution in [2.45, 2.75) is 20.3 Å². The Morgan fingerprint density at radius 3 is 2.74 bits per heavy atom. The van der Waals surface area contributed by atoms with Gasteiger partial charge in [0.2, 0.25) is 0 Å². The van der Waals surface area contributed by atoms with Crippen LogP contribution in [0.25, 0.3) is 11.0 Å². The lowest BCUT2D eigenvalue weighted by Gasteiger charge is -2.05. The van der Waals surface area contributed by atoms with Crippen molar-refractivity contribution < 1.29 is 14.7 Å². The van der Waals surface area contributed by atoms with Crippen LogP contribution in [0.4, 0.5) is 0 Å². The largest absolute Gasteiger partial charge is 0.481 e. The fourth-order valence-electron chi connectivity index (χ4n) is 1.98. The van der Waals surface area contributed by atoms with Gasteiger partial charge in [0.15, 0.2) is 5.78 Å². The Morgan fingerprint density at radius 1 is 1.42 bits per heavy atom. The third-order valence-corrected chi connectivity index (χ3v) is 3.34. The molecule has 1 heterocycles. The summed E-state index contributed by atoms with van der Waals surface area (Å²) in [5.41, 5.74) is 2.23. The normalized spacial score (nSPS) is 12.6. The summed E-state index contributed by atoms with van der Waals surface area (Å²) in [7, 11) is 1.92. The maximum atomic E-state index is 12.0. The number of aryl methyl sites for hydroxylation is 2. The molecule has 0 spiro atoms. The topological polar surface area (TPSA) is 72.2 Å². The number of carbonyl (C=O) groups excluding carboxylic acids is 1. The van der Waals surface area contributed by atoms with Crippen LogP contribution in [0, 0.1) is 12.8 Å². The first kappa shape index (κ1) is 13.3. The van der Waals surface area contributed by atoms with Crippen LogP contribution in [0.3, 0.4) is 0 Å². The van der Waals surface area contributed by atoms with Crippen molar-refractivity contribution >= 4 is 22.8 Å². The lowest BCUT2D eigenvalue weighted by atomic mass is 9.99. The van der Waals surface area contributed by atoms with Crippen molar-refractivity contribution in [1.82, 2.24) is 9.55 Å². The molecule has 1 N–H and O–H groups in total. The lowest BCUT2D eigenvalue weighted by molar-refractivity contribution is -0.141. The molecule has 2 rings (SSSR count). The van der Waals surface area contributed by atoms with E-state index in [4.69, 9.17) is 5.11 Å². The van der Waals surface area contributed by atoms with E-state index < -0.39 is 11.9 Å². The number of imidazole rings is 1. The molecular weight excluding hydrogens is 244 g/mol. The second-order valence-corrected chi connectivity index (χ2v) is 4.79. The standard InChI is InChI=1S/C14H16N2O3/c1-8(14(18)19)6-13(17)10-4-5-12-11(7-10)15-9(2)16(12)3/h4-5,7-8H,6H2,1-3H3,(H,18,19). The molecule has 0 amide bonds. The van der Waals surface area contributed by atoms with Crippen LogP contribution in [-0.4, -0.2) is 26.4 Å². The number of ketones is 1. The van der Waals surface area contributed by atoms with Gasteiger partial charge in [-0.15, -0.1) is 0 Å². The summed E-state index contributed by atoms with van der Waals surface area (Å²) in [6, 6.07) is 5.29. The van der Waals surface area contributed by atoms with Crippen LogP contribution in [0.1, 0.15) is 29.5 Å². The SMILES string of the molecule is Cc1nc2cc(C(=O)CC(C)C(=O)O)ccc2n1C. The van der Waals surface area contributed by atoms with E-state index in [0.717, 1.165) is 16.9 Å². The van der Waals surface area contributed by atoms with Crippen LogP contribution < -0.4 is 0 Å². The second-order valence-electron chi connectivity index (χ2n) is 4.79. The Kier molecular flexibility index (Phi) is 3.38. The number of nitrogens with zero attached hydrogens (tertiary/aromatic N) is 2. The highest BCUT2D eigenvalue weighted by Gasteiger charge is 2.17. The molecule has 0 aliphatic rings. The maximum absolute atomic E-state index is 12.0. The fraction of sp³-hybridized carbons (Fsp3) is 0.357. The van der Waals surface area contributed by atoms with Crippen molar-refractivity contribution in [3.05, 3.63) is 29.6 Å². The molecule has 0 saturated heterocycles. The number of Topliss-reactive ketones (excluding diaryl/α,β-unsaturated/α-hetero) is 1. The van der Waals surface area contributed by atoms with E-state index in [1.54, 1.807) is 12.1 Å². The van der Waals surface area contributed by atoms with Crippen molar-refractivity contribution in [2.24, 2.45) is 13.0 Å². The van der Waals surface area contributed by atoms with E-state index in [1.807, 2.05) is 24.6 Å². The highest BCUT2D eigenvalue weighted by atomic mass is 16.4. The summed E-state index contributed by atoms with van der Waals surface area (Å²) >= 11 is 0. The minimum atomic E-state index is -0.955. The maximum Gasteiger partial charge on any atom is 0.306 e. The van der Waals surface area contributed by atoms with Gasteiger partial charge in [-0.3, -0.25) is 9.59 Å². The van der Waals surface area contributed by atoms with E-state index >= 15 is 0 Å². The van der Waals surface area contributed by atoms with Crippen molar-refractivity contribution in [3.8, 4) is 0 Å². The molecule has 0 aliphatic carbocycles. The number of hydrogen-bond acceptors (Lipinski definition) is 3. The van der Waals surface area contributed by atoms with Gasteiger partial charge in [-0.25, -0.2) is 4.98 Å². The minimum Gasteiger partial charge on any atom is -0.481 e. The highest BCUT2D eigenvalue weighted by Crippen LogP contribution is 2.18. The molecular formula is C14H16N2O3. The average Bonchev–Trinajstić information content (AvgIpc) is 2.64. The molecule has 1 aromatic heterocycles. The number of carboxylic acid groups (broad SMARTS) is 1. The first-order valence-corrected chi connectivity index (χ1v) is 6.09. The Labute approximate surface area is 110 Å². The Morgan fingerprint density at radius 2 is 2.11 bits per heavy atom. The Balaban J connectivity index is 2.31. The lowest BCUT2D eigenvalue weighted by Crippen LogP contribution is -2.14. The quantitative estimate of drug-likeness (QED) is 0.855. The van der Waals surface area contributed by atoms with Gasteiger partial charge >= 0.3 is 5.97 Å². The molecule has 0 bridgehead atoms. The zero-order valence-electron chi connectivity index (χ0n) is 11.2. The molecule has 100 valence electrons. The number of rotatable bonds is 4. The smallest absolute Gasteiger partial charge is 0.306 e. The third kappa shape index (κ3) is 2.50. The molecule has 19 heavy (non-hydrogen) atoms. The predicted octanol–water partition coefficient (Wildman–Crippen LogP) is 2.18. The van der Waals surface area contributed by atoms with E-state index in [1.165, 1.54) is 6.92 Å². The van der Waals surface area contributed by atoms with Crippen LogP contribution in [-0.2, 0) is 11.8 Å². The van der Waals surface area contributed by atoms with E-state index in [0.29, 0.717) is 5.56 Å². The molecule has 0 radical (unpaired) electrons. The zero-order valence-corrected chi connectivity index (χ0v) is 11.2. The molecule has 5 heteroatoms. The highest BCUT2D eigenvalue weighted by molar-refractivity contribution is 6.00. The molecule has 1 atom stereocenters. The molecule has 1 aromatic carbocycles. The van der Waals surface area contributed by atoms with Crippen LogP contribution >= 0.6 is 0 Å². The Hall–Kier alpha value is -2.17. The van der Waals surface area contributed by atoms with Gasteiger partial charge in [0, 0.05) is 19.0 Å². The van der Waals surface area contributed by atoms with Gasteiger partial charge in [-0.05, 0) is 25.1 Å². The van der Waals surface area contributed by atoms with Gasteiger partial charge in [0.05, 0.1) is 17.0 Å². The number of carbonyl (C=O) groups is 2. The summed E-state index contributed by atoms with van der Waals surface area (Å²) in [6.45, 7) is 3.43. The summed E-state index contributed by atoms with van der Waals surface area (Å²) in [5, 5.41) is 8.82. The summed E-state index contributed by atoms with van der Waals surface area (Å²) in [6.07, 6.45) is 0.00660. The molecule has 0 aliphatic heterocycles. The van der Waals surface area contributed by atoms with Gasteiger partial charge in [-0.1, -0.05) is 6.92 Å². The fourth-order valence-corrected chi connectivity index (χ4v) is 1.98. The summed E-state index contributed by atoms with van der Waals surface area (Å²) in [4.78, 5) is 27.1. The number of benzene rings is 1. The van der Waals surface area contributed by atoms with Crippen LogP contribution in [0.5, 0.6) is 0 Å². The number of hydrogen-bond donors (Lipinski definition) is 1. The minimum absolute atomic E-state index is 0.00660. The van der Waals surface area contributed by atoms with Gasteiger partial charge in [0.1, 0.15) is 5.82 Å². The van der Waals surface area contributed by atoms with Crippen molar-refractivity contribution in [1.29, 1.82) is 0 Å². The van der Waals surface area contributed by atoms with Crippen LogP contribution in [0.2, 0.25) is 0 Å². The molecule has 5 nitrogen and oxygen atoms in total. The van der Waals surface area contributed by atoms with Gasteiger partial charge in [-0.2, -0.15) is 0 Å². The second kappa shape index (κ2) is 4.84. The first-order valence-electron chi connectivity index (χ1n) is 6.09. The number of aliphatic carboxylic acids is 1. The van der Waals surface area contributed by atoms with Gasteiger partial charge < -0.3 is 9.67 Å². The number of aromatic nitrogens is 2.